The number of carbonyl (C=O) groups is 1. The van der Waals surface area contributed by atoms with Gasteiger partial charge in [0, 0.05) is 5.69 Å². The van der Waals surface area contributed by atoms with Gasteiger partial charge in [0.25, 0.3) is 5.91 Å². The van der Waals surface area contributed by atoms with Crippen molar-refractivity contribution in [1.29, 1.82) is 0 Å². The summed E-state index contributed by atoms with van der Waals surface area (Å²) in [5.41, 5.74) is 2.47. The number of rotatable bonds is 2. The first-order valence-electron chi connectivity index (χ1n) is 5.68. The fourth-order valence-corrected chi connectivity index (χ4v) is 2.21. The lowest BCUT2D eigenvalue weighted by molar-refractivity contribution is 0.102. The van der Waals surface area contributed by atoms with E-state index in [-0.39, 0.29) is 11.7 Å². The molecule has 0 unspecified atom stereocenters. The van der Waals surface area contributed by atoms with Gasteiger partial charge >= 0.3 is 0 Å². The summed E-state index contributed by atoms with van der Waals surface area (Å²) in [6, 6.07) is 8.08. The maximum absolute atomic E-state index is 13.4. The molecular formula is C14H12FIN2O. The van der Waals surface area contributed by atoms with Crippen LogP contribution in [0, 0.1) is 23.2 Å². The molecule has 0 fully saturated rings. The van der Waals surface area contributed by atoms with Crippen molar-refractivity contribution in [3.05, 3.63) is 56.7 Å². The SMILES string of the molecule is Cc1ccc(C(=O)Nc2cccc(F)c2I)c(C)n1. The zero-order valence-corrected chi connectivity index (χ0v) is 12.7. The minimum absolute atomic E-state index is 0.284. The smallest absolute Gasteiger partial charge is 0.257 e. The van der Waals surface area contributed by atoms with E-state index in [1.165, 1.54) is 6.07 Å². The average Bonchev–Trinajstić information content (AvgIpc) is 2.34. The molecule has 3 nitrogen and oxygen atoms in total. The van der Waals surface area contributed by atoms with Crippen molar-refractivity contribution in [1.82, 2.24) is 4.98 Å². The molecule has 2 rings (SSSR count). The Morgan fingerprint density at radius 3 is 2.68 bits per heavy atom. The Labute approximate surface area is 124 Å². The van der Waals surface area contributed by atoms with E-state index in [2.05, 4.69) is 10.3 Å². The van der Waals surface area contributed by atoms with Crippen molar-refractivity contribution in [3.63, 3.8) is 0 Å². The predicted octanol–water partition coefficient (Wildman–Crippen LogP) is 3.69. The molecule has 98 valence electrons. The minimum Gasteiger partial charge on any atom is -0.321 e. The number of hydrogen-bond acceptors (Lipinski definition) is 2. The Hall–Kier alpha value is -1.50. The number of nitrogens with one attached hydrogen (secondary N) is 1. The second kappa shape index (κ2) is 5.64. The molecule has 0 aliphatic rings. The largest absolute Gasteiger partial charge is 0.321 e. The lowest BCUT2D eigenvalue weighted by Gasteiger charge is -2.09. The third kappa shape index (κ3) is 3.09. The summed E-state index contributed by atoms with van der Waals surface area (Å²) in [7, 11) is 0. The van der Waals surface area contributed by atoms with Crippen LogP contribution in [0.1, 0.15) is 21.7 Å². The fourth-order valence-electron chi connectivity index (χ4n) is 1.72. The van der Waals surface area contributed by atoms with Crippen molar-refractivity contribution < 1.29 is 9.18 Å². The van der Waals surface area contributed by atoms with E-state index < -0.39 is 0 Å². The molecule has 1 N–H and O–H groups in total. The van der Waals surface area contributed by atoms with Gasteiger partial charge < -0.3 is 5.32 Å². The summed E-state index contributed by atoms with van der Waals surface area (Å²) in [5.74, 6) is -0.634. The molecule has 0 aliphatic heterocycles. The number of aryl methyl sites for hydroxylation is 2. The molecule has 19 heavy (non-hydrogen) atoms. The van der Waals surface area contributed by atoms with E-state index in [4.69, 9.17) is 0 Å². The maximum atomic E-state index is 13.4. The van der Waals surface area contributed by atoms with E-state index in [1.807, 2.05) is 29.5 Å². The van der Waals surface area contributed by atoms with Gasteiger partial charge in [-0.05, 0) is 60.7 Å². The van der Waals surface area contributed by atoms with Gasteiger partial charge in [0.1, 0.15) is 5.82 Å². The predicted molar refractivity (Wildman–Crippen MR) is 80.8 cm³/mol. The Balaban J connectivity index is 2.28. The Bertz CT molecular complexity index is 643. The third-order valence-electron chi connectivity index (χ3n) is 2.67. The molecule has 0 atom stereocenters. The number of aromatic nitrogens is 1. The van der Waals surface area contributed by atoms with Crippen LogP contribution in [0.4, 0.5) is 10.1 Å². The summed E-state index contributed by atoms with van der Waals surface area (Å²) in [4.78, 5) is 16.4. The number of carbonyl (C=O) groups excluding carboxylic acids is 1. The highest BCUT2D eigenvalue weighted by Crippen LogP contribution is 2.21. The van der Waals surface area contributed by atoms with Gasteiger partial charge in [-0.25, -0.2) is 4.39 Å². The second-order valence-electron chi connectivity index (χ2n) is 4.14. The monoisotopic (exact) mass is 370 g/mol. The van der Waals surface area contributed by atoms with E-state index in [1.54, 1.807) is 31.2 Å². The van der Waals surface area contributed by atoms with Crippen LogP contribution in [0.2, 0.25) is 0 Å². The highest BCUT2D eigenvalue weighted by atomic mass is 127. The van der Waals surface area contributed by atoms with E-state index in [0.29, 0.717) is 20.5 Å². The number of halogens is 2. The lowest BCUT2D eigenvalue weighted by atomic mass is 10.1. The van der Waals surface area contributed by atoms with Gasteiger partial charge in [0.05, 0.1) is 20.5 Å². The topological polar surface area (TPSA) is 42.0 Å². The summed E-state index contributed by atoms with van der Waals surface area (Å²) >= 11 is 1.87. The Morgan fingerprint density at radius 2 is 2.00 bits per heavy atom. The molecule has 0 spiro atoms. The molecule has 0 saturated heterocycles. The molecule has 0 aliphatic carbocycles. The molecule has 1 aromatic carbocycles. The fraction of sp³-hybridized carbons (Fsp3) is 0.143. The summed E-state index contributed by atoms with van der Waals surface area (Å²) in [5, 5.41) is 2.70. The summed E-state index contributed by atoms with van der Waals surface area (Å²) < 4.78 is 13.8. The van der Waals surface area contributed by atoms with Gasteiger partial charge in [-0.2, -0.15) is 0 Å². The lowest BCUT2D eigenvalue weighted by Crippen LogP contribution is -2.15. The van der Waals surface area contributed by atoms with Gasteiger partial charge in [-0.15, -0.1) is 0 Å². The number of amides is 1. The molecule has 2 aromatic rings. The molecule has 1 amide bonds. The van der Waals surface area contributed by atoms with Crippen molar-refractivity contribution in [2.45, 2.75) is 13.8 Å². The Morgan fingerprint density at radius 1 is 1.26 bits per heavy atom. The number of anilines is 1. The summed E-state index contributed by atoms with van der Waals surface area (Å²) in [6.45, 7) is 3.64. The summed E-state index contributed by atoms with van der Waals surface area (Å²) in [6.07, 6.45) is 0. The van der Waals surface area contributed by atoms with Crippen LogP contribution in [0.25, 0.3) is 0 Å². The molecule has 1 heterocycles. The quantitative estimate of drug-likeness (QED) is 0.820. The first kappa shape index (κ1) is 13.9. The molecule has 0 bridgehead atoms. The number of nitrogens with zero attached hydrogens (tertiary/aromatic N) is 1. The highest BCUT2D eigenvalue weighted by molar-refractivity contribution is 14.1. The van der Waals surface area contributed by atoms with Crippen LogP contribution < -0.4 is 5.32 Å². The van der Waals surface area contributed by atoms with Crippen LogP contribution in [0.5, 0.6) is 0 Å². The molecule has 0 radical (unpaired) electrons. The van der Waals surface area contributed by atoms with Crippen LogP contribution in [-0.2, 0) is 0 Å². The van der Waals surface area contributed by atoms with Crippen LogP contribution in [0.15, 0.2) is 30.3 Å². The second-order valence-corrected chi connectivity index (χ2v) is 5.22. The van der Waals surface area contributed by atoms with Gasteiger partial charge in [-0.3, -0.25) is 9.78 Å². The van der Waals surface area contributed by atoms with Crippen molar-refractivity contribution in [2.75, 3.05) is 5.32 Å². The zero-order valence-electron chi connectivity index (χ0n) is 10.5. The molecular weight excluding hydrogens is 358 g/mol. The van der Waals surface area contributed by atoms with Crippen molar-refractivity contribution in [2.24, 2.45) is 0 Å². The Kier molecular flexibility index (Phi) is 4.14. The minimum atomic E-state index is -0.350. The van der Waals surface area contributed by atoms with Gasteiger partial charge in [0.15, 0.2) is 0 Å². The van der Waals surface area contributed by atoms with Crippen LogP contribution >= 0.6 is 22.6 Å². The standard InChI is InChI=1S/C14H12FIN2O/c1-8-6-7-10(9(2)17-8)14(19)18-12-5-3-4-11(15)13(12)16/h3-7H,1-2H3,(H,18,19). The first-order valence-corrected chi connectivity index (χ1v) is 6.76. The van der Waals surface area contributed by atoms with Crippen molar-refractivity contribution in [3.8, 4) is 0 Å². The van der Waals surface area contributed by atoms with Crippen LogP contribution in [-0.4, -0.2) is 10.9 Å². The first-order chi connectivity index (χ1) is 8.99. The number of hydrogen-bond donors (Lipinski definition) is 1. The van der Waals surface area contributed by atoms with E-state index in [9.17, 15) is 9.18 Å². The van der Waals surface area contributed by atoms with E-state index >= 15 is 0 Å². The van der Waals surface area contributed by atoms with Crippen LogP contribution in [0.3, 0.4) is 0 Å². The zero-order chi connectivity index (χ0) is 14.0. The molecule has 0 saturated carbocycles. The molecule has 1 aromatic heterocycles. The average molecular weight is 370 g/mol. The molecule has 5 heteroatoms. The van der Waals surface area contributed by atoms with Gasteiger partial charge in [-0.1, -0.05) is 6.07 Å². The normalized spacial score (nSPS) is 10.3. The number of pyridine rings is 1. The maximum Gasteiger partial charge on any atom is 0.257 e. The van der Waals surface area contributed by atoms with E-state index in [0.717, 1.165) is 5.69 Å². The highest BCUT2D eigenvalue weighted by Gasteiger charge is 2.13. The van der Waals surface area contributed by atoms with Crippen molar-refractivity contribution >= 4 is 34.2 Å². The third-order valence-corrected chi connectivity index (χ3v) is 3.77. The number of benzene rings is 1. The van der Waals surface area contributed by atoms with Gasteiger partial charge in [0.2, 0.25) is 0 Å².